The molecule has 5 heteroatoms. The molecule has 0 unspecified atom stereocenters. The Morgan fingerprint density at radius 3 is 2.54 bits per heavy atom. The Bertz CT molecular complexity index is 1030. The van der Waals surface area contributed by atoms with Crippen molar-refractivity contribution in [2.24, 2.45) is 0 Å². The van der Waals surface area contributed by atoms with Gasteiger partial charge in [0.1, 0.15) is 11.0 Å². The second-order valence-electron chi connectivity index (χ2n) is 6.52. The van der Waals surface area contributed by atoms with Crippen molar-refractivity contribution in [3.05, 3.63) is 58.7 Å². The van der Waals surface area contributed by atoms with Gasteiger partial charge in [-0.25, -0.2) is 8.42 Å². The number of hydrogen-bond donors (Lipinski definition) is 0. The van der Waals surface area contributed by atoms with Gasteiger partial charge >= 0.3 is 0 Å². The summed E-state index contributed by atoms with van der Waals surface area (Å²) in [5, 5.41) is 2.92. The highest BCUT2D eigenvalue weighted by atomic mass is 32.2. The van der Waals surface area contributed by atoms with Crippen molar-refractivity contribution in [1.29, 1.82) is 0 Å². The zero-order chi connectivity index (χ0) is 18.1. The summed E-state index contributed by atoms with van der Waals surface area (Å²) in [4.78, 5) is 2.00. The molecule has 0 saturated carbocycles. The molecule has 1 fully saturated rings. The standard InChI is InChI=1S/C21H21O3S2/c1-2-24-18-9-8-15-13-17(7-6-16(15)14-18)19-10-11-20(25-19)21-5-3-4-12-26(21,22)23/h6-11,13-14H,2-5,12H2,1H3. The lowest BCUT2D eigenvalue weighted by atomic mass is 10.1. The summed E-state index contributed by atoms with van der Waals surface area (Å²) in [7, 11) is -3.08. The maximum Gasteiger partial charge on any atom is 0.162 e. The Morgan fingerprint density at radius 2 is 1.73 bits per heavy atom. The number of benzene rings is 2. The molecule has 2 aromatic carbocycles. The minimum atomic E-state index is -3.08. The highest BCUT2D eigenvalue weighted by Gasteiger charge is 2.32. The van der Waals surface area contributed by atoms with Crippen LogP contribution in [-0.2, 0) is 9.84 Å². The Balaban J connectivity index is 1.66. The summed E-state index contributed by atoms with van der Waals surface area (Å²) in [6.07, 6.45) is 2.40. The lowest BCUT2D eigenvalue weighted by Crippen LogP contribution is -2.21. The van der Waals surface area contributed by atoms with Gasteiger partial charge in [-0.05, 0) is 66.4 Å². The summed E-state index contributed by atoms with van der Waals surface area (Å²) in [6, 6.07) is 16.4. The van der Waals surface area contributed by atoms with Crippen molar-refractivity contribution in [3.8, 4) is 16.2 Å². The zero-order valence-corrected chi connectivity index (χ0v) is 16.3. The van der Waals surface area contributed by atoms with Gasteiger partial charge in [-0.1, -0.05) is 24.6 Å². The van der Waals surface area contributed by atoms with Crippen LogP contribution < -0.4 is 4.74 Å². The molecule has 0 amide bonds. The van der Waals surface area contributed by atoms with Crippen LogP contribution in [0.25, 0.3) is 21.2 Å². The average Bonchev–Trinajstić information content (AvgIpc) is 3.11. The van der Waals surface area contributed by atoms with Crippen molar-refractivity contribution < 1.29 is 13.2 Å². The Morgan fingerprint density at radius 1 is 0.962 bits per heavy atom. The number of ether oxygens (including phenoxy) is 1. The predicted octanol–water partition coefficient (Wildman–Crippen LogP) is 5.45. The van der Waals surface area contributed by atoms with E-state index in [1.807, 2.05) is 31.2 Å². The van der Waals surface area contributed by atoms with E-state index in [1.165, 1.54) is 0 Å². The highest BCUT2D eigenvalue weighted by molar-refractivity contribution is 7.94. The molecular weight excluding hydrogens is 364 g/mol. The van der Waals surface area contributed by atoms with Crippen LogP contribution in [0.3, 0.4) is 0 Å². The molecule has 1 aromatic heterocycles. The van der Waals surface area contributed by atoms with E-state index in [4.69, 9.17) is 4.74 Å². The third kappa shape index (κ3) is 3.38. The first-order valence-electron chi connectivity index (χ1n) is 8.92. The Kier molecular flexibility index (Phi) is 4.76. The highest BCUT2D eigenvalue weighted by Crippen LogP contribution is 2.39. The fraction of sp³-hybridized carbons (Fsp3) is 0.286. The fourth-order valence-electron chi connectivity index (χ4n) is 3.41. The first kappa shape index (κ1) is 17.6. The second kappa shape index (κ2) is 7.05. The van der Waals surface area contributed by atoms with Crippen LogP contribution >= 0.6 is 11.3 Å². The zero-order valence-electron chi connectivity index (χ0n) is 14.7. The van der Waals surface area contributed by atoms with E-state index in [0.717, 1.165) is 44.7 Å². The molecule has 0 bridgehead atoms. The van der Waals surface area contributed by atoms with Crippen molar-refractivity contribution in [1.82, 2.24) is 0 Å². The van der Waals surface area contributed by atoms with E-state index < -0.39 is 9.84 Å². The van der Waals surface area contributed by atoms with Crippen LogP contribution in [0.1, 0.15) is 31.1 Å². The molecule has 3 nitrogen and oxygen atoms in total. The lowest BCUT2D eigenvalue weighted by molar-refractivity contribution is 0.341. The summed E-state index contributed by atoms with van der Waals surface area (Å²) in [5.74, 6) is 1.17. The minimum absolute atomic E-state index is 0.285. The van der Waals surface area contributed by atoms with E-state index in [-0.39, 0.29) is 5.75 Å². The van der Waals surface area contributed by atoms with Crippen LogP contribution in [0.4, 0.5) is 0 Å². The maximum absolute atomic E-state index is 12.3. The summed E-state index contributed by atoms with van der Waals surface area (Å²) in [5.41, 5.74) is 1.12. The number of sulfone groups is 1. The third-order valence-corrected chi connectivity index (χ3v) is 8.05. The van der Waals surface area contributed by atoms with Crippen LogP contribution in [-0.4, -0.2) is 20.8 Å². The van der Waals surface area contributed by atoms with E-state index in [0.29, 0.717) is 18.3 Å². The van der Waals surface area contributed by atoms with Crippen LogP contribution in [0.15, 0.2) is 48.5 Å². The van der Waals surface area contributed by atoms with E-state index >= 15 is 0 Å². The number of hydrogen-bond acceptors (Lipinski definition) is 4. The van der Waals surface area contributed by atoms with Crippen molar-refractivity contribution in [3.63, 3.8) is 0 Å². The van der Waals surface area contributed by atoms with Gasteiger partial charge in [-0.15, -0.1) is 11.3 Å². The first-order chi connectivity index (χ1) is 12.6. The number of fused-ring (bicyclic) bond motifs is 1. The van der Waals surface area contributed by atoms with Gasteiger partial charge in [0.2, 0.25) is 0 Å². The maximum atomic E-state index is 12.3. The third-order valence-electron chi connectivity index (χ3n) is 4.73. The normalized spacial score (nSPS) is 17.4. The van der Waals surface area contributed by atoms with Crippen LogP contribution in [0.2, 0.25) is 0 Å². The van der Waals surface area contributed by atoms with Gasteiger partial charge in [-0.2, -0.15) is 0 Å². The molecule has 4 rings (SSSR count). The van der Waals surface area contributed by atoms with Crippen molar-refractivity contribution in [2.45, 2.75) is 26.2 Å². The molecule has 0 N–H and O–H groups in total. The molecule has 0 atom stereocenters. The molecule has 0 aliphatic carbocycles. The molecule has 26 heavy (non-hydrogen) atoms. The average molecular weight is 386 g/mol. The smallest absolute Gasteiger partial charge is 0.162 e. The molecule has 2 heterocycles. The Hall–Kier alpha value is -1.85. The first-order valence-corrected chi connectivity index (χ1v) is 11.4. The second-order valence-corrected chi connectivity index (χ2v) is 9.73. The largest absolute Gasteiger partial charge is 0.494 e. The van der Waals surface area contributed by atoms with Gasteiger partial charge in [-0.3, -0.25) is 0 Å². The van der Waals surface area contributed by atoms with Crippen molar-refractivity contribution >= 4 is 31.9 Å². The lowest BCUT2D eigenvalue weighted by Gasteiger charge is -2.19. The summed E-state index contributed by atoms with van der Waals surface area (Å²) in [6.45, 7) is 2.63. The predicted molar refractivity (Wildman–Crippen MR) is 108 cm³/mol. The molecular formula is C21H21O3S2. The van der Waals surface area contributed by atoms with Gasteiger partial charge in [0.05, 0.1) is 12.4 Å². The van der Waals surface area contributed by atoms with Gasteiger partial charge in [0.25, 0.3) is 0 Å². The molecule has 0 spiro atoms. The summed E-state index contributed by atoms with van der Waals surface area (Å²) < 4.78 is 30.3. The molecule has 3 aromatic rings. The van der Waals surface area contributed by atoms with Crippen molar-refractivity contribution in [2.75, 3.05) is 12.4 Å². The molecule has 1 radical (unpaired) electrons. The van der Waals surface area contributed by atoms with E-state index in [9.17, 15) is 8.42 Å². The van der Waals surface area contributed by atoms with E-state index in [2.05, 4.69) is 24.3 Å². The van der Waals surface area contributed by atoms with Crippen LogP contribution in [0, 0.1) is 5.25 Å². The number of thiophene rings is 1. The fourth-order valence-corrected chi connectivity index (χ4v) is 6.55. The SMILES string of the molecule is CCOc1ccc2cc(-c3ccc([C]4CCCCS4(=O)=O)s3)ccc2c1. The topological polar surface area (TPSA) is 43.4 Å². The van der Waals surface area contributed by atoms with Crippen LogP contribution in [0.5, 0.6) is 5.75 Å². The Labute approximate surface area is 158 Å². The number of rotatable bonds is 4. The molecule has 1 aliphatic heterocycles. The minimum Gasteiger partial charge on any atom is -0.494 e. The molecule has 135 valence electrons. The van der Waals surface area contributed by atoms with Gasteiger partial charge in [0, 0.05) is 9.75 Å². The molecule has 1 aliphatic rings. The molecule has 1 saturated heterocycles. The van der Waals surface area contributed by atoms with Gasteiger partial charge < -0.3 is 4.74 Å². The van der Waals surface area contributed by atoms with Gasteiger partial charge in [0.15, 0.2) is 9.84 Å². The quantitative estimate of drug-likeness (QED) is 0.600. The van der Waals surface area contributed by atoms with E-state index in [1.54, 1.807) is 11.3 Å². The monoisotopic (exact) mass is 385 g/mol. The summed E-state index contributed by atoms with van der Waals surface area (Å²) >= 11 is 1.57.